The summed E-state index contributed by atoms with van der Waals surface area (Å²) in [4.78, 5) is 22.3. The lowest BCUT2D eigenvalue weighted by molar-refractivity contribution is -0.142. The lowest BCUT2D eigenvalue weighted by atomic mass is 9.96. The van der Waals surface area contributed by atoms with Crippen molar-refractivity contribution >= 4 is 11.9 Å². The number of aliphatic carboxylic acids is 1. The first-order chi connectivity index (χ1) is 7.75. The second-order valence-corrected chi connectivity index (χ2v) is 5.11. The molecule has 0 saturated heterocycles. The van der Waals surface area contributed by atoms with Crippen LogP contribution < -0.4 is 11.1 Å². The van der Waals surface area contributed by atoms with Gasteiger partial charge in [-0.1, -0.05) is 12.8 Å². The molecule has 1 aliphatic carbocycles. The van der Waals surface area contributed by atoms with Crippen molar-refractivity contribution in [2.45, 2.75) is 50.2 Å². The van der Waals surface area contributed by atoms with Crippen LogP contribution in [0.1, 0.15) is 39.0 Å². The number of carbonyl (C=O) groups excluding carboxylic acids is 1. The van der Waals surface area contributed by atoms with Gasteiger partial charge in [0.2, 0.25) is 5.91 Å². The zero-order chi connectivity index (χ0) is 13.1. The zero-order valence-electron chi connectivity index (χ0n) is 10.0. The summed E-state index contributed by atoms with van der Waals surface area (Å²) in [5.74, 6) is -1.41. The number of aliphatic hydroxyl groups is 1. The van der Waals surface area contributed by atoms with E-state index in [0.717, 1.165) is 12.8 Å². The van der Waals surface area contributed by atoms with E-state index in [9.17, 15) is 14.7 Å². The van der Waals surface area contributed by atoms with Gasteiger partial charge in [-0.05, 0) is 19.8 Å². The first kappa shape index (κ1) is 13.9. The summed E-state index contributed by atoms with van der Waals surface area (Å²) in [5, 5.41) is 20.8. The molecule has 6 heteroatoms. The highest BCUT2D eigenvalue weighted by molar-refractivity contribution is 5.86. The van der Waals surface area contributed by atoms with Crippen LogP contribution in [0, 0.1) is 0 Å². The Hall–Kier alpha value is -1.14. The van der Waals surface area contributed by atoms with Crippen LogP contribution in [0.5, 0.6) is 0 Å². The summed E-state index contributed by atoms with van der Waals surface area (Å²) in [6.07, 6.45) is 2.72. The maximum atomic E-state index is 11.8. The molecule has 1 saturated carbocycles. The van der Waals surface area contributed by atoms with Crippen molar-refractivity contribution in [3.63, 3.8) is 0 Å². The van der Waals surface area contributed by atoms with Gasteiger partial charge in [-0.25, -0.2) is 0 Å². The molecule has 98 valence electrons. The van der Waals surface area contributed by atoms with Crippen molar-refractivity contribution in [1.29, 1.82) is 0 Å². The number of carboxylic acids is 1. The fourth-order valence-corrected chi connectivity index (χ4v) is 2.07. The molecule has 0 bridgehead atoms. The van der Waals surface area contributed by atoms with Crippen LogP contribution in [-0.2, 0) is 9.59 Å². The van der Waals surface area contributed by atoms with Gasteiger partial charge < -0.3 is 21.3 Å². The lowest BCUT2D eigenvalue weighted by Crippen LogP contribution is -2.55. The highest BCUT2D eigenvalue weighted by Crippen LogP contribution is 2.27. The van der Waals surface area contributed by atoms with Crippen LogP contribution in [0.15, 0.2) is 0 Å². The van der Waals surface area contributed by atoms with Crippen LogP contribution >= 0.6 is 0 Å². The third-order valence-electron chi connectivity index (χ3n) is 3.11. The van der Waals surface area contributed by atoms with Crippen LogP contribution in [0.3, 0.4) is 0 Å². The second-order valence-electron chi connectivity index (χ2n) is 5.11. The van der Waals surface area contributed by atoms with Crippen molar-refractivity contribution in [2.75, 3.05) is 6.54 Å². The summed E-state index contributed by atoms with van der Waals surface area (Å²) in [5.41, 5.74) is 3.63. The number of rotatable bonds is 5. The minimum atomic E-state index is -1.45. The van der Waals surface area contributed by atoms with E-state index in [0.29, 0.717) is 12.8 Å². The largest absolute Gasteiger partial charge is 0.481 e. The van der Waals surface area contributed by atoms with Crippen LogP contribution in [-0.4, -0.2) is 39.8 Å². The number of nitrogens with one attached hydrogen (secondary N) is 1. The summed E-state index contributed by atoms with van der Waals surface area (Å²) < 4.78 is 0. The molecule has 0 spiro atoms. The van der Waals surface area contributed by atoms with Crippen molar-refractivity contribution in [3.8, 4) is 0 Å². The Labute approximate surface area is 100 Å². The quantitative estimate of drug-likeness (QED) is 0.525. The summed E-state index contributed by atoms with van der Waals surface area (Å²) in [7, 11) is 0. The molecular weight excluding hydrogens is 224 g/mol. The number of hydrogen-bond donors (Lipinski definition) is 4. The Bertz CT molecular complexity index is 309. The molecule has 0 heterocycles. The van der Waals surface area contributed by atoms with Gasteiger partial charge >= 0.3 is 5.97 Å². The highest BCUT2D eigenvalue weighted by Gasteiger charge is 2.37. The van der Waals surface area contributed by atoms with E-state index >= 15 is 0 Å². The van der Waals surface area contributed by atoms with Gasteiger partial charge in [0, 0.05) is 6.54 Å². The van der Waals surface area contributed by atoms with Gasteiger partial charge in [-0.15, -0.1) is 0 Å². The van der Waals surface area contributed by atoms with Gasteiger partial charge in [0.15, 0.2) is 0 Å². The van der Waals surface area contributed by atoms with Crippen molar-refractivity contribution in [3.05, 3.63) is 0 Å². The van der Waals surface area contributed by atoms with Crippen LogP contribution in [0.4, 0.5) is 0 Å². The molecule has 0 aromatic carbocycles. The molecule has 0 aromatic rings. The first-order valence-electron chi connectivity index (χ1n) is 5.77. The maximum absolute atomic E-state index is 11.8. The van der Waals surface area contributed by atoms with Crippen LogP contribution in [0.2, 0.25) is 0 Å². The number of carboxylic acid groups (broad SMARTS) is 1. The van der Waals surface area contributed by atoms with E-state index in [-0.39, 0.29) is 12.5 Å². The molecule has 1 rings (SSSR count). The number of hydrogen-bond acceptors (Lipinski definition) is 4. The predicted molar refractivity (Wildman–Crippen MR) is 61.3 cm³/mol. The van der Waals surface area contributed by atoms with Crippen molar-refractivity contribution in [2.24, 2.45) is 5.73 Å². The predicted octanol–water partition coefficient (Wildman–Crippen LogP) is -0.400. The average Bonchev–Trinajstić information content (AvgIpc) is 2.61. The molecule has 1 aliphatic rings. The minimum absolute atomic E-state index is 0.100. The molecule has 0 aliphatic heterocycles. The second kappa shape index (κ2) is 5.01. The van der Waals surface area contributed by atoms with Crippen molar-refractivity contribution < 1.29 is 19.8 Å². The molecule has 1 unspecified atom stereocenters. The normalized spacial score (nSPS) is 21.8. The number of nitrogens with two attached hydrogens (primary N) is 1. The van der Waals surface area contributed by atoms with E-state index in [1.165, 1.54) is 6.92 Å². The van der Waals surface area contributed by atoms with E-state index < -0.39 is 23.5 Å². The molecule has 5 N–H and O–H groups in total. The van der Waals surface area contributed by atoms with Crippen molar-refractivity contribution in [1.82, 2.24) is 5.32 Å². The Morgan fingerprint density at radius 1 is 1.41 bits per heavy atom. The SMILES string of the molecule is CC(O)(CNC(=O)C1(N)CCCC1)CC(=O)O. The molecule has 0 aromatic heterocycles. The Balaban J connectivity index is 2.44. The molecule has 1 fully saturated rings. The van der Waals surface area contributed by atoms with Gasteiger partial charge in [-0.2, -0.15) is 0 Å². The minimum Gasteiger partial charge on any atom is -0.481 e. The Morgan fingerprint density at radius 3 is 2.41 bits per heavy atom. The standard InChI is InChI=1S/C11H20N2O4/c1-10(17,6-8(14)15)7-13-9(16)11(12)4-2-3-5-11/h17H,2-7,12H2,1H3,(H,13,16)(H,14,15). The third-order valence-corrected chi connectivity index (χ3v) is 3.11. The highest BCUT2D eigenvalue weighted by atomic mass is 16.4. The molecule has 1 atom stereocenters. The van der Waals surface area contributed by atoms with Gasteiger partial charge in [0.05, 0.1) is 17.6 Å². The average molecular weight is 244 g/mol. The number of carbonyl (C=O) groups is 2. The monoisotopic (exact) mass is 244 g/mol. The molecule has 0 radical (unpaired) electrons. The van der Waals surface area contributed by atoms with Gasteiger partial charge in [0.25, 0.3) is 0 Å². The zero-order valence-corrected chi connectivity index (χ0v) is 10.0. The van der Waals surface area contributed by atoms with E-state index in [1.807, 2.05) is 0 Å². The Morgan fingerprint density at radius 2 is 1.94 bits per heavy atom. The summed E-state index contributed by atoms with van der Waals surface area (Å²) in [6, 6.07) is 0. The topological polar surface area (TPSA) is 113 Å². The molecule has 1 amide bonds. The Kier molecular flexibility index (Phi) is 4.11. The summed E-state index contributed by atoms with van der Waals surface area (Å²) in [6.45, 7) is 1.27. The van der Waals surface area contributed by atoms with Crippen LogP contribution in [0.25, 0.3) is 0 Å². The van der Waals surface area contributed by atoms with Gasteiger partial charge in [-0.3, -0.25) is 9.59 Å². The summed E-state index contributed by atoms with van der Waals surface area (Å²) >= 11 is 0. The fourth-order valence-electron chi connectivity index (χ4n) is 2.07. The molecule has 17 heavy (non-hydrogen) atoms. The smallest absolute Gasteiger partial charge is 0.306 e. The molecular formula is C11H20N2O4. The van der Waals surface area contributed by atoms with E-state index in [1.54, 1.807) is 0 Å². The van der Waals surface area contributed by atoms with Gasteiger partial charge in [0.1, 0.15) is 0 Å². The maximum Gasteiger partial charge on any atom is 0.306 e. The molecule has 6 nitrogen and oxygen atoms in total. The number of amides is 1. The fraction of sp³-hybridized carbons (Fsp3) is 0.818. The van der Waals surface area contributed by atoms with E-state index in [2.05, 4.69) is 5.32 Å². The first-order valence-corrected chi connectivity index (χ1v) is 5.77. The lowest BCUT2D eigenvalue weighted by Gasteiger charge is -2.26. The third kappa shape index (κ3) is 3.98. The van der Waals surface area contributed by atoms with E-state index in [4.69, 9.17) is 10.8 Å².